The van der Waals surface area contributed by atoms with Crippen molar-refractivity contribution in [1.82, 2.24) is 9.97 Å². The van der Waals surface area contributed by atoms with Crippen LogP contribution in [-0.4, -0.2) is 9.97 Å². The van der Waals surface area contributed by atoms with Gasteiger partial charge in [0.05, 0.1) is 0 Å². The molecule has 18 heavy (non-hydrogen) atoms. The average molecular weight is 230 g/mol. The summed E-state index contributed by atoms with van der Waals surface area (Å²) in [6.07, 6.45) is 10.3. The third kappa shape index (κ3) is 3.96. The first-order valence-corrected chi connectivity index (χ1v) is 5.43. The first-order chi connectivity index (χ1) is 8.95. The minimum atomic E-state index is 0.891. The molecule has 0 atom stereocenters. The van der Waals surface area contributed by atoms with Gasteiger partial charge in [-0.25, -0.2) is 0 Å². The van der Waals surface area contributed by atoms with Gasteiger partial charge in [-0.05, 0) is 36.4 Å². The fourth-order valence-electron chi connectivity index (χ4n) is 1.21. The molecule has 0 N–H and O–H groups in total. The first-order valence-electron chi connectivity index (χ1n) is 5.43. The maximum absolute atomic E-state index is 3.98. The molecular weight excluding hydrogens is 220 g/mol. The normalized spacial score (nSPS) is 9.11. The van der Waals surface area contributed by atoms with Crippen LogP contribution >= 0.6 is 0 Å². The molecule has 0 radical (unpaired) electrons. The predicted octanol–water partition coefficient (Wildman–Crippen LogP) is 2.44. The molecule has 0 aliphatic heterocycles. The number of hydrogen-bond acceptors (Lipinski definition) is 2. The minimum absolute atomic E-state index is 0.891. The van der Waals surface area contributed by atoms with Crippen molar-refractivity contribution in [3.8, 4) is 23.7 Å². The maximum atomic E-state index is 3.98. The maximum Gasteiger partial charge on any atom is 0.0432 e. The van der Waals surface area contributed by atoms with Crippen molar-refractivity contribution in [3.05, 3.63) is 72.3 Å². The zero-order valence-electron chi connectivity index (χ0n) is 9.67. The van der Waals surface area contributed by atoms with Crippen LogP contribution < -0.4 is 0 Å². The third-order valence-electron chi connectivity index (χ3n) is 2.01. The zero-order valence-corrected chi connectivity index (χ0v) is 9.67. The highest BCUT2D eigenvalue weighted by atomic mass is 14.6. The van der Waals surface area contributed by atoms with Crippen molar-refractivity contribution in [1.29, 1.82) is 0 Å². The fourth-order valence-corrected chi connectivity index (χ4v) is 1.21. The van der Waals surface area contributed by atoms with E-state index in [1.54, 1.807) is 36.9 Å². The number of pyridine rings is 2. The molecule has 2 aromatic rings. The Morgan fingerprint density at radius 3 is 1.67 bits per heavy atom. The van der Waals surface area contributed by atoms with Gasteiger partial charge in [-0.15, -0.1) is 0 Å². The van der Waals surface area contributed by atoms with Crippen molar-refractivity contribution < 1.29 is 0 Å². The average Bonchev–Trinajstić information content (AvgIpc) is 2.45. The first kappa shape index (κ1) is 11.6. The minimum Gasteiger partial charge on any atom is -0.263 e. The van der Waals surface area contributed by atoms with Gasteiger partial charge in [-0.2, -0.15) is 0 Å². The summed E-state index contributed by atoms with van der Waals surface area (Å²) in [6, 6.07) is 7.54. The van der Waals surface area contributed by atoms with Gasteiger partial charge >= 0.3 is 0 Å². The molecule has 2 rings (SSSR count). The monoisotopic (exact) mass is 230 g/mol. The lowest BCUT2D eigenvalue weighted by Gasteiger charge is -1.84. The molecule has 0 bridgehead atoms. The van der Waals surface area contributed by atoms with E-state index in [-0.39, 0.29) is 0 Å². The Balaban J connectivity index is 1.94. The van der Waals surface area contributed by atoms with Gasteiger partial charge in [0.2, 0.25) is 0 Å². The second-order valence-corrected chi connectivity index (χ2v) is 3.36. The molecular formula is C16H10N2. The molecule has 2 nitrogen and oxygen atoms in total. The lowest BCUT2D eigenvalue weighted by atomic mass is 10.3. The Morgan fingerprint density at radius 1 is 0.778 bits per heavy atom. The molecule has 0 fully saturated rings. The van der Waals surface area contributed by atoms with Crippen LogP contribution in [0.1, 0.15) is 11.1 Å². The van der Waals surface area contributed by atoms with Crippen molar-refractivity contribution >= 4 is 0 Å². The number of rotatable bonds is 0. The molecule has 0 spiro atoms. The zero-order chi connectivity index (χ0) is 12.5. The van der Waals surface area contributed by atoms with Gasteiger partial charge in [0.25, 0.3) is 0 Å². The summed E-state index contributed by atoms with van der Waals surface area (Å²) in [6.45, 7) is 0. The molecule has 0 saturated heterocycles. The van der Waals surface area contributed by atoms with Gasteiger partial charge in [0, 0.05) is 35.9 Å². The SMILES string of the molecule is C(#Cc1cccnc1)C=CC#Cc1cccnc1. The highest BCUT2D eigenvalue weighted by Gasteiger charge is 1.81. The van der Waals surface area contributed by atoms with Crippen LogP contribution in [0, 0.1) is 23.7 Å². The van der Waals surface area contributed by atoms with Crippen LogP contribution in [0.3, 0.4) is 0 Å². The van der Waals surface area contributed by atoms with E-state index in [9.17, 15) is 0 Å². The summed E-state index contributed by atoms with van der Waals surface area (Å²) in [4.78, 5) is 7.96. The van der Waals surface area contributed by atoms with Crippen LogP contribution in [0.15, 0.2) is 61.2 Å². The summed E-state index contributed by atoms with van der Waals surface area (Å²) in [5, 5.41) is 0. The lowest BCUT2D eigenvalue weighted by Crippen LogP contribution is -1.74. The highest BCUT2D eigenvalue weighted by molar-refractivity contribution is 5.38. The lowest BCUT2D eigenvalue weighted by molar-refractivity contribution is 1.31. The topological polar surface area (TPSA) is 25.8 Å². The number of aromatic nitrogens is 2. The van der Waals surface area contributed by atoms with Crippen molar-refractivity contribution in [2.45, 2.75) is 0 Å². The summed E-state index contributed by atoms with van der Waals surface area (Å²) in [5.74, 6) is 11.7. The molecule has 2 heteroatoms. The summed E-state index contributed by atoms with van der Waals surface area (Å²) >= 11 is 0. The quantitative estimate of drug-likeness (QED) is 0.650. The van der Waals surface area contributed by atoms with Gasteiger partial charge in [-0.1, -0.05) is 23.7 Å². The highest BCUT2D eigenvalue weighted by Crippen LogP contribution is 1.92. The van der Waals surface area contributed by atoms with Crippen molar-refractivity contribution in [2.24, 2.45) is 0 Å². The van der Waals surface area contributed by atoms with Crippen molar-refractivity contribution in [2.75, 3.05) is 0 Å². The number of allylic oxidation sites excluding steroid dienone is 2. The Hall–Kier alpha value is -2.84. The summed E-state index contributed by atoms with van der Waals surface area (Å²) < 4.78 is 0. The smallest absolute Gasteiger partial charge is 0.0432 e. The Bertz CT molecular complexity index is 576. The van der Waals surface area contributed by atoms with Crippen LogP contribution in [0.25, 0.3) is 0 Å². The van der Waals surface area contributed by atoms with E-state index in [0.717, 1.165) is 11.1 Å². The second kappa shape index (κ2) is 6.68. The molecule has 0 aliphatic rings. The third-order valence-corrected chi connectivity index (χ3v) is 2.01. The Kier molecular flexibility index (Phi) is 4.32. The number of nitrogens with zero attached hydrogens (tertiary/aromatic N) is 2. The molecule has 0 unspecified atom stereocenters. The molecule has 2 aromatic heterocycles. The van der Waals surface area contributed by atoms with Gasteiger partial charge in [0.15, 0.2) is 0 Å². The van der Waals surface area contributed by atoms with E-state index in [4.69, 9.17) is 0 Å². The van der Waals surface area contributed by atoms with Crippen LogP contribution in [0.4, 0.5) is 0 Å². The molecule has 0 amide bonds. The van der Waals surface area contributed by atoms with Crippen LogP contribution in [0.5, 0.6) is 0 Å². The van der Waals surface area contributed by atoms with Gasteiger partial charge in [-0.3, -0.25) is 9.97 Å². The van der Waals surface area contributed by atoms with Crippen LogP contribution in [-0.2, 0) is 0 Å². The molecule has 0 aromatic carbocycles. The van der Waals surface area contributed by atoms with E-state index in [0.29, 0.717) is 0 Å². The van der Waals surface area contributed by atoms with Crippen LogP contribution in [0.2, 0.25) is 0 Å². The predicted molar refractivity (Wildman–Crippen MR) is 71.4 cm³/mol. The fraction of sp³-hybridized carbons (Fsp3) is 0. The number of hydrogen-bond donors (Lipinski definition) is 0. The van der Waals surface area contributed by atoms with E-state index < -0.39 is 0 Å². The van der Waals surface area contributed by atoms with E-state index in [1.807, 2.05) is 24.3 Å². The molecule has 84 valence electrons. The van der Waals surface area contributed by atoms with Crippen molar-refractivity contribution in [3.63, 3.8) is 0 Å². The van der Waals surface area contributed by atoms with E-state index >= 15 is 0 Å². The van der Waals surface area contributed by atoms with E-state index in [1.165, 1.54) is 0 Å². The molecule has 0 aliphatic carbocycles. The standard InChI is InChI=1S/C16H10N2/c1(3-7-15-9-5-11-17-13-15)2-4-8-16-10-6-12-18-14-16/h1-2,5-6,9-14H. The second-order valence-electron chi connectivity index (χ2n) is 3.36. The summed E-state index contributed by atoms with van der Waals surface area (Å²) in [7, 11) is 0. The Morgan fingerprint density at radius 2 is 1.28 bits per heavy atom. The molecule has 0 saturated carbocycles. The molecule has 2 heterocycles. The largest absolute Gasteiger partial charge is 0.263 e. The van der Waals surface area contributed by atoms with Gasteiger partial charge in [0.1, 0.15) is 0 Å². The summed E-state index contributed by atoms with van der Waals surface area (Å²) in [5.41, 5.74) is 1.78. The van der Waals surface area contributed by atoms with Gasteiger partial charge < -0.3 is 0 Å². The van der Waals surface area contributed by atoms with E-state index in [2.05, 4.69) is 33.6 Å². The Labute approximate surface area is 106 Å².